The summed E-state index contributed by atoms with van der Waals surface area (Å²) in [5, 5.41) is 30.3. The molecule has 2 unspecified atom stereocenters. The number of nitrogens with one attached hydrogen (secondary N) is 2. The molecule has 0 spiro atoms. The summed E-state index contributed by atoms with van der Waals surface area (Å²) in [4.78, 5) is 72.6. The van der Waals surface area contributed by atoms with Crippen molar-refractivity contribution in [3.05, 3.63) is 70.8 Å². The molecule has 1 aromatic carbocycles. The summed E-state index contributed by atoms with van der Waals surface area (Å²) in [5.74, 6) is -2.44. The van der Waals surface area contributed by atoms with Gasteiger partial charge in [0, 0.05) is 98.7 Å². The van der Waals surface area contributed by atoms with E-state index in [4.69, 9.17) is 24.2 Å². The van der Waals surface area contributed by atoms with Crippen LogP contribution in [0, 0.1) is 11.3 Å². The van der Waals surface area contributed by atoms with Crippen LogP contribution in [0.5, 0.6) is 0 Å². The van der Waals surface area contributed by atoms with Gasteiger partial charge in [-0.1, -0.05) is 40.3 Å². The third-order valence-electron chi connectivity index (χ3n) is 14.3. The first-order valence-electron chi connectivity index (χ1n) is 24.4. The zero-order chi connectivity index (χ0) is 50.2. The third kappa shape index (κ3) is 10.1. The van der Waals surface area contributed by atoms with Crippen molar-refractivity contribution in [2.24, 2.45) is 11.3 Å². The first-order valence-corrected chi connectivity index (χ1v) is 25.3. The van der Waals surface area contributed by atoms with Crippen molar-refractivity contribution >= 4 is 46.1 Å². The fourth-order valence-corrected chi connectivity index (χ4v) is 11.5. The highest BCUT2D eigenvalue weighted by Gasteiger charge is 2.46. The lowest BCUT2D eigenvalue weighted by Gasteiger charge is -2.48. The number of aromatic nitrogens is 3. The molecule has 4 N–H and O–H groups in total. The van der Waals surface area contributed by atoms with Crippen LogP contribution in [0.1, 0.15) is 83.2 Å². The number of carbonyl (C=O) groups is 4. The molecule has 4 amide bonds. The zero-order valence-corrected chi connectivity index (χ0v) is 42.5. The molecule has 6 bridgehead atoms. The molecule has 3 fully saturated rings. The number of likely N-dealkylation sites (N-methyl/N-ethyl adjacent to an activating group) is 1. The molecule has 0 saturated carbocycles. The number of fused-ring (bicyclic) bond motifs is 7. The van der Waals surface area contributed by atoms with Gasteiger partial charge in [0.2, 0.25) is 11.6 Å². The highest BCUT2D eigenvalue weighted by Crippen LogP contribution is 2.42. The van der Waals surface area contributed by atoms with E-state index in [0.29, 0.717) is 49.8 Å². The molecule has 4 aliphatic rings. The van der Waals surface area contributed by atoms with Gasteiger partial charge in [-0.05, 0) is 74.9 Å². The molecule has 0 aliphatic carbocycles. The molecule has 18 nitrogen and oxygen atoms in total. The SMILES string of the molecule is C=CC(O)N1CCO[C@@H]2CCN(C(=O)N(C)[C@H](C(=O)N[C@H]3Cc4nc(cs4)-c4ccc5c(c4)c(c(-c4cccnc4[C@H](C)OC)n5CC)CC(C)(C)COC(=O)[C@@]4(O)CCCN(N4)C3=O)C(C)C)CC21. The Morgan fingerprint density at radius 3 is 2.69 bits per heavy atom. The van der Waals surface area contributed by atoms with Gasteiger partial charge in [-0.2, -0.15) is 5.43 Å². The van der Waals surface area contributed by atoms with Crippen LogP contribution < -0.4 is 10.7 Å². The number of pyridine rings is 1. The molecule has 7 atom stereocenters. The van der Waals surface area contributed by atoms with Gasteiger partial charge in [0.1, 0.15) is 18.3 Å². The van der Waals surface area contributed by atoms with Crippen LogP contribution in [-0.2, 0) is 48.0 Å². The summed E-state index contributed by atoms with van der Waals surface area (Å²) in [5.41, 5.74) is 6.22. The summed E-state index contributed by atoms with van der Waals surface area (Å²) >= 11 is 1.36. The topological polar surface area (TPSA) is 204 Å². The molecular weight excluding hydrogens is 915 g/mol. The van der Waals surface area contributed by atoms with Crippen LogP contribution in [-0.4, -0.2) is 158 Å². The van der Waals surface area contributed by atoms with Crippen molar-refractivity contribution in [1.29, 1.82) is 0 Å². The molecule has 8 rings (SSSR count). The number of aliphatic hydroxyl groups excluding tert-OH is 1. The monoisotopic (exact) mass is 983 g/mol. The summed E-state index contributed by atoms with van der Waals surface area (Å²) in [6.07, 6.45) is 3.14. The second-order valence-corrected chi connectivity index (χ2v) is 21.1. The fraction of sp³-hybridized carbons (Fsp3) is 0.569. The van der Waals surface area contributed by atoms with Crippen molar-refractivity contribution in [2.45, 2.75) is 122 Å². The van der Waals surface area contributed by atoms with Crippen molar-refractivity contribution < 1.29 is 43.6 Å². The first-order chi connectivity index (χ1) is 33.4. The highest BCUT2D eigenvalue weighted by molar-refractivity contribution is 7.10. The number of likely N-dealkylation sites (tertiary alicyclic amines) is 1. The number of thiazole rings is 1. The lowest BCUT2D eigenvalue weighted by Crippen LogP contribution is -2.67. The minimum Gasteiger partial charge on any atom is -0.462 e. The summed E-state index contributed by atoms with van der Waals surface area (Å²) < 4.78 is 20.1. The number of amides is 4. The largest absolute Gasteiger partial charge is 0.462 e. The number of aryl methyl sites for hydroxylation is 1. The average molecular weight is 984 g/mol. The van der Waals surface area contributed by atoms with Gasteiger partial charge in [0.15, 0.2) is 0 Å². The van der Waals surface area contributed by atoms with E-state index in [0.717, 1.165) is 39.0 Å². The number of methoxy groups -OCH3 is 1. The number of hydrogen-bond donors (Lipinski definition) is 4. The van der Waals surface area contributed by atoms with Crippen LogP contribution in [0.25, 0.3) is 33.4 Å². The number of piperidine rings is 1. The van der Waals surface area contributed by atoms with Gasteiger partial charge in [0.05, 0.1) is 53.6 Å². The van der Waals surface area contributed by atoms with Crippen LogP contribution in [0.4, 0.5) is 4.79 Å². The second kappa shape index (κ2) is 20.8. The highest BCUT2D eigenvalue weighted by atomic mass is 32.1. The molecule has 7 heterocycles. The van der Waals surface area contributed by atoms with Crippen LogP contribution in [0.2, 0.25) is 0 Å². The maximum atomic E-state index is 14.8. The standard InChI is InChI=1S/C51H69N9O9S/c1-10-42(61)59-22-23-68-40-17-21-57(27-39(40)59)49(65)56(8)44(30(3)4)46(62)54-36-25-41-53-37(28-70-41)32-15-16-38-34(24-32)35(45(58(38)11-2)33-14-12-19-52-43(33)31(5)67-9)26-50(6,7)29-69-48(64)51(66)18-13-20-60(55-51)47(36)63/h10,12,14-16,19,24,28,30-31,36,39-40,42,44,55,61,66H,1,11,13,17-18,20-23,25-27,29H2,2-9H3,(H,54,62)/t31-,36-,39?,40+,42?,44-,51-/m0/s1. The van der Waals surface area contributed by atoms with E-state index in [1.807, 2.05) is 57.0 Å². The van der Waals surface area contributed by atoms with Crippen molar-refractivity contribution in [3.8, 4) is 22.5 Å². The van der Waals surface area contributed by atoms with Gasteiger partial charge in [0.25, 0.3) is 5.91 Å². The molecule has 70 heavy (non-hydrogen) atoms. The molecule has 19 heteroatoms. The maximum Gasteiger partial charge on any atom is 0.355 e. The van der Waals surface area contributed by atoms with Gasteiger partial charge >= 0.3 is 12.0 Å². The maximum absolute atomic E-state index is 14.8. The minimum absolute atomic E-state index is 0.0157. The van der Waals surface area contributed by atoms with Gasteiger partial charge in [-0.25, -0.2) is 14.6 Å². The Morgan fingerprint density at radius 1 is 1.17 bits per heavy atom. The summed E-state index contributed by atoms with van der Waals surface area (Å²) in [7, 11) is 3.25. The molecule has 3 saturated heterocycles. The smallest absolute Gasteiger partial charge is 0.355 e. The van der Waals surface area contributed by atoms with E-state index in [2.05, 4.69) is 47.0 Å². The van der Waals surface area contributed by atoms with Crippen LogP contribution >= 0.6 is 11.3 Å². The molecular formula is C51H69N9O9S. The Balaban J connectivity index is 1.14. The Hall–Kier alpha value is -5.28. The molecule has 4 aromatic rings. The number of aliphatic hydroxyl groups is 2. The number of cyclic esters (lactones) is 1. The Morgan fingerprint density at radius 2 is 1.96 bits per heavy atom. The Labute approximate surface area is 413 Å². The number of esters is 1. The third-order valence-corrected chi connectivity index (χ3v) is 15.2. The number of benzene rings is 1. The normalized spacial score (nSPS) is 24.6. The first kappa shape index (κ1) is 51.1. The van der Waals surface area contributed by atoms with E-state index in [9.17, 15) is 29.4 Å². The predicted molar refractivity (Wildman–Crippen MR) is 265 cm³/mol. The Kier molecular flexibility index (Phi) is 15.2. The Bertz CT molecular complexity index is 2600. The number of nitrogens with zero attached hydrogens (tertiary/aromatic N) is 7. The van der Waals surface area contributed by atoms with E-state index < -0.39 is 47.2 Å². The fourth-order valence-electron chi connectivity index (χ4n) is 10.7. The lowest BCUT2D eigenvalue weighted by molar-refractivity contribution is -0.189. The number of hydrazine groups is 1. The summed E-state index contributed by atoms with van der Waals surface area (Å²) in [6.45, 7) is 17.9. The van der Waals surface area contributed by atoms with Crippen molar-refractivity contribution in [1.82, 2.24) is 45.0 Å². The molecule has 4 aliphatic heterocycles. The van der Waals surface area contributed by atoms with E-state index in [1.165, 1.54) is 27.3 Å². The number of carbonyl (C=O) groups excluding carboxylic acids is 4. The number of rotatable bonds is 10. The predicted octanol–water partition coefficient (Wildman–Crippen LogP) is 4.88. The zero-order valence-electron chi connectivity index (χ0n) is 41.6. The number of morpholine rings is 1. The lowest BCUT2D eigenvalue weighted by atomic mass is 9.84. The van der Waals surface area contributed by atoms with Crippen molar-refractivity contribution in [3.63, 3.8) is 0 Å². The quantitative estimate of drug-likeness (QED) is 0.124. The molecule has 0 radical (unpaired) electrons. The average Bonchev–Trinajstić information content (AvgIpc) is 3.95. The minimum atomic E-state index is -2.24. The van der Waals surface area contributed by atoms with Gasteiger partial charge < -0.3 is 44.1 Å². The molecule has 3 aromatic heterocycles. The van der Waals surface area contributed by atoms with E-state index in [-0.39, 0.29) is 69.2 Å². The van der Waals surface area contributed by atoms with Gasteiger partial charge in [-0.15, -0.1) is 11.3 Å². The number of ether oxygens (including phenoxy) is 3. The number of urea groups is 1. The van der Waals surface area contributed by atoms with E-state index in [1.54, 1.807) is 25.3 Å². The van der Waals surface area contributed by atoms with Crippen LogP contribution in [0.3, 0.4) is 0 Å². The van der Waals surface area contributed by atoms with Crippen LogP contribution in [0.15, 0.2) is 54.6 Å². The second-order valence-electron chi connectivity index (χ2n) is 20.2. The molecule has 378 valence electrons. The number of hydrogen-bond acceptors (Lipinski definition) is 14. The van der Waals surface area contributed by atoms with Gasteiger partial charge in [-0.3, -0.25) is 24.5 Å². The van der Waals surface area contributed by atoms with Crippen molar-refractivity contribution in [2.75, 3.05) is 53.6 Å². The van der Waals surface area contributed by atoms with E-state index >= 15 is 0 Å². The summed E-state index contributed by atoms with van der Waals surface area (Å²) in [6, 6.07) is 7.40.